The normalized spacial score (nSPS) is 10.6. The Morgan fingerprint density at radius 3 is 2.64 bits per heavy atom. The van der Waals surface area contributed by atoms with E-state index in [0.29, 0.717) is 22.5 Å². The third-order valence-corrected chi connectivity index (χ3v) is 4.73. The maximum atomic E-state index is 12.0. The summed E-state index contributed by atoms with van der Waals surface area (Å²) in [5.74, 6) is 0.271. The lowest BCUT2D eigenvalue weighted by atomic mass is 10.1. The van der Waals surface area contributed by atoms with Crippen molar-refractivity contribution in [2.24, 2.45) is 0 Å². The largest absolute Gasteiger partial charge is 0.355 e. The van der Waals surface area contributed by atoms with Crippen LogP contribution in [-0.4, -0.2) is 33.0 Å². The van der Waals surface area contributed by atoms with Crippen molar-refractivity contribution in [3.63, 3.8) is 0 Å². The number of carbonyl (C=O) groups excluding carboxylic acids is 1. The molecular weight excluding hydrogens is 356 g/mol. The first-order valence-electron chi connectivity index (χ1n) is 7.82. The van der Waals surface area contributed by atoms with Gasteiger partial charge in [0.2, 0.25) is 5.91 Å². The second-order valence-corrected chi connectivity index (χ2v) is 6.71. The Hall–Kier alpha value is -2.31. The molecule has 2 aromatic carbocycles. The standard InChI is InChI=1S/C18H17ClN4OS/c19-15-8-6-14(7-9-15)10-11-20-17(24)12-25-18-22-21-13-23(18)16-4-2-1-3-5-16/h1-9,13H,10-12H2,(H,20,24). The van der Waals surface area contributed by atoms with E-state index in [1.807, 2.05) is 59.2 Å². The van der Waals surface area contributed by atoms with Gasteiger partial charge in [0.05, 0.1) is 5.75 Å². The number of hydrogen-bond acceptors (Lipinski definition) is 4. The zero-order valence-electron chi connectivity index (χ0n) is 13.4. The maximum Gasteiger partial charge on any atom is 0.230 e. The van der Waals surface area contributed by atoms with Crippen LogP contribution < -0.4 is 5.32 Å². The third kappa shape index (κ3) is 5.08. The number of thioether (sulfide) groups is 1. The molecule has 0 spiro atoms. The predicted octanol–water partition coefficient (Wildman–Crippen LogP) is 3.37. The first kappa shape index (κ1) is 17.5. The first-order chi connectivity index (χ1) is 12.2. The van der Waals surface area contributed by atoms with Crippen molar-refractivity contribution in [2.75, 3.05) is 12.3 Å². The zero-order valence-corrected chi connectivity index (χ0v) is 15.0. The van der Waals surface area contributed by atoms with Gasteiger partial charge in [0.15, 0.2) is 5.16 Å². The van der Waals surface area contributed by atoms with Crippen molar-refractivity contribution in [3.8, 4) is 5.69 Å². The molecule has 1 heterocycles. The molecule has 0 unspecified atom stereocenters. The van der Waals surface area contributed by atoms with Crippen LogP contribution in [0.5, 0.6) is 0 Å². The fraction of sp³-hybridized carbons (Fsp3) is 0.167. The highest BCUT2D eigenvalue weighted by Gasteiger charge is 2.09. The van der Waals surface area contributed by atoms with E-state index < -0.39 is 0 Å². The number of benzene rings is 2. The second-order valence-electron chi connectivity index (χ2n) is 5.33. The fourth-order valence-corrected chi connectivity index (χ4v) is 3.15. The van der Waals surface area contributed by atoms with Gasteiger partial charge >= 0.3 is 0 Å². The van der Waals surface area contributed by atoms with E-state index in [2.05, 4.69) is 15.5 Å². The molecule has 5 nitrogen and oxygen atoms in total. The number of aromatic nitrogens is 3. The SMILES string of the molecule is O=C(CSc1nncn1-c1ccccc1)NCCc1ccc(Cl)cc1. The summed E-state index contributed by atoms with van der Waals surface area (Å²) in [6.45, 7) is 0.590. The molecule has 0 radical (unpaired) electrons. The molecule has 1 aromatic heterocycles. The highest BCUT2D eigenvalue weighted by atomic mass is 35.5. The lowest BCUT2D eigenvalue weighted by Gasteiger charge is -2.07. The van der Waals surface area contributed by atoms with E-state index in [0.717, 1.165) is 17.7 Å². The molecule has 0 aliphatic heterocycles. The van der Waals surface area contributed by atoms with Gasteiger partial charge in [-0.1, -0.05) is 53.7 Å². The third-order valence-electron chi connectivity index (χ3n) is 3.53. The summed E-state index contributed by atoms with van der Waals surface area (Å²) in [6.07, 6.45) is 2.42. The van der Waals surface area contributed by atoms with Crippen LogP contribution in [0.2, 0.25) is 5.02 Å². The number of carbonyl (C=O) groups is 1. The summed E-state index contributed by atoms with van der Waals surface area (Å²) in [5.41, 5.74) is 2.11. The molecule has 0 aliphatic rings. The number of hydrogen-bond donors (Lipinski definition) is 1. The van der Waals surface area contributed by atoms with Crippen LogP contribution in [0.1, 0.15) is 5.56 Å². The number of halogens is 1. The zero-order chi connectivity index (χ0) is 17.5. The van der Waals surface area contributed by atoms with Crippen molar-refractivity contribution < 1.29 is 4.79 Å². The maximum absolute atomic E-state index is 12.0. The van der Waals surface area contributed by atoms with Gasteiger partial charge < -0.3 is 5.32 Å². The van der Waals surface area contributed by atoms with Crippen LogP contribution in [0.25, 0.3) is 5.69 Å². The van der Waals surface area contributed by atoms with E-state index in [4.69, 9.17) is 11.6 Å². The van der Waals surface area contributed by atoms with Gasteiger partial charge in [0.25, 0.3) is 0 Å². The molecule has 0 fully saturated rings. The Bertz CT molecular complexity index is 821. The molecule has 0 saturated carbocycles. The number of amides is 1. The predicted molar refractivity (Wildman–Crippen MR) is 100 cm³/mol. The van der Waals surface area contributed by atoms with Crippen molar-refractivity contribution in [1.82, 2.24) is 20.1 Å². The lowest BCUT2D eigenvalue weighted by molar-refractivity contribution is -0.118. The average molecular weight is 373 g/mol. The van der Waals surface area contributed by atoms with Gasteiger partial charge in [0.1, 0.15) is 6.33 Å². The van der Waals surface area contributed by atoms with Gasteiger partial charge in [-0.2, -0.15) is 0 Å². The smallest absolute Gasteiger partial charge is 0.230 e. The fourth-order valence-electron chi connectivity index (χ4n) is 2.27. The van der Waals surface area contributed by atoms with Gasteiger partial charge in [-0.25, -0.2) is 0 Å². The van der Waals surface area contributed by atoms with Crippen molar-refractivity contribution in [3.05, 3.63) is 71.5 Å². The average Bonchev–Trinajstić information content (AvgIpc) is 3.11. The molecule has 25 heavy (non-hydrogen) atoms. The summed E-state index contributed by atoms with van der Waals surface area (Å²) in [5, 5.41) is 12.3. The van der Waals surface area contributed by atoms with Crippen molar-refractivity contribution >= 4 is 29.3 Å². The number of rotatable bonds is 7. The molecule has 0 saturated heterocycles. The molecule has 0 aliphatic carbocycles. The summed E-state index contributed by atoms with van der Waals surface area (Å²) in [7, 11) is 0. The molecule has 1 amide bonds. The number of para-hydroxylation sites is 1. The lowest BCUT2D eigenvalue weighted by Crippen LogP contribution is -2.27. The highest BCUT2D eigenvalue weighted by molar-refractivity contribution is 7.99. The Balaban J connectivity index is 1.47. The minimum absolute atomic E-state index is 0.0263. The van der Waals surface area contributed by atoms with Crippen LogP contribution in [0.4, 0.5) is 0 Å². The van der Waals surface area contributed by atoms with Crippen LogP contribution in [-0.2, 0) is 11.2 Å². The van der Waals surface area contributed by atoms with Gasteiger partial charge in [-0.05, 0) is 36.2 Å². The first-order valence-corrected chi connectivity index (χ1v) is 9.18. The van der Waals surface area contributed by atoms with E-state index in [9.17, 15) is 4.79 Å². The van der Waals surface area contributed by atoms with Crippen LogP contribution in [0.15, 0.2) is 66.1 Å². The second kappa shape index (κ2) is 8.69. The number of nitrogens with zero attached hydrogens (tertiary/aromatic N) is 3. The van der Waals surface area contributed by atoms with E-state index in [-0.39, 0.29) is 5.91 Å². The minimum atomic E-state index is -0.0263. The molecule has 0 atom stereocenters. The summed E-state index contributed by atoms with van der Waals surface area (Å²) in [4.78, 5) is 12.0. The minimum Gasteiger partial charge on any atom is -0.355 e. The monoisotopic (exact) mass is 372 g/mol. The summed E-state index contributed by atoms with van der Waals surface area (Å²) >= 11 is 7.22. The molecule has 3 rings (SSSR count). The quantitative estimate of drug-likeness (QED) is 0.646. The van der Waals surface area contributed by atoms with Crippen LogP contribution in [0.3, 0.4) is 0 Å². The highest BCUT2D eigenvalue weighted by Crippen LogP contribution is 2.18. The molecular formula is C18H17ClN4OS. The Morgan fingerprint density at radius 2 is 1.88 bits per heavy atom. The van der Waals surface area contributed by atoms with E-state index in [1.165, 1.54) is 11.8 Å². The Kier molecular flexibility index (Phi) is 6.09. The van der Waals surface area contributed by atoms with E-state index >= 15 is 0 Å². The molecule has 0 bridgehead atoms. The van der Waals surface area contributed by atoms with E-state index in [1.54, 1.807) is 6.33 Å². The molecule has 7 heteroatoms. The number of nitrogens with one attached hydrogen (secondary N) is 1. The van der Waals surface area contributed by atoms with Crippen molar-refractivity contribution in [2.45, 2.75) is 11.6 Å². The van der Waals surface area contributed by atoms with Gasteiger partial charge in [-0.3, -0.25) is 9.36 Å². The van der Waals surface area contributed by atoms with Gasteiger partial charge in [0, 0.05) is 17.3 Å². The Morgan fingerprint density at radius 1 is 1.12 bits per heavy atom. The summed E-state index contributed by atoms with van der Waals surface area (Å²) < 4.78 is 1.87. The summed E-state index contributed by atoms with van der Waals surface area (Å²) in [6, 6.07) is 17.4. The van der Waals surface area contributed by atoms with Crippen molar-refractivity contribution in [1.29, 1.82) is 0 Å². The molecule has 3 aromatic rings. The molecule has 1 N–H and O–H groups in total. The Labute approximate surface area is 155 Å². The molecule has 128 valence electrons. The topological polar surface area (TPSA) is 59.8 Å². The van der Waals surface area contributed by atoms with Gasteiger partial charge in [-0.15, -0.1) is 10.2 Å². The van der Waals surface area contributed by atoms with Crippen LogP contribution >= 0.6 is 23.4 Å². The van der Waals surface area contributed by atoms with Crippen LogP contribution in [0, 0.1) is 0 Å².